The number of rotatable bonds is 4. The van der Waals surface area contributed by atoms with E-state index < -0.39 is 27.9 Å². The molecule has 0 aliphatic heterocycles. The lowest BCUT2D eigenvalue weighted by molar-refractivity contribution is -0.163. The van der Waals surface area contributed by atoms with E-state index in [4.69, 9.17) is 14.8 Å². The van der Waals surface area contributed by atoms with Gasteiger partial charge in [0.15, 0.2) is 11.7 Å². The van der Waals surface area contributed by atoms with Crippen LogP contribution in [0.1, 0.15) is 13.8 Å². The van der Waals surface area contributed by atoms with Gasteiger partial charge in [0.2, 0.25) is 0 Å². The molecule has 0 bridgehead atoms. The first-order valence-electron chi connectivity index (χ1n) is 3.23. The summed E-state index contributed by atoms with van der Waals surface area (Å²) in [6.45, 7) is 2.27. The summed E-state index contributed by atoms with van der Waals surface area (Å²) in [6.07, 6.45) is -2.84. The molecular formula is C5H12O6S. The van der Waals surface area contributed by atoms with Gasteiger partial charge in [-0.2, -0.15) is 8.42 Å². The molecule has 0 saturated carbocycles. The van der Waals surface area contributed by atoms with E-state index in [1.165, 1.54) is 6.92 Å². The van der Waals surface area contributed by atoms with E-state index in [1.807, 2.05) is 0 Å². The van der Waals surface area contributed by atoms with Crippen molar-refractivity contribution in [1.29, 1.82) is 0 Å². The van der Waals surface area contributed by atoms with Gasteiger partial charge < -0.3 is 14.9 Å². The highest BCUT2D eigenvalue weighted by Gasteiger charge is 2.23. The van der Waals surface area contributed by atoms with Crippen LogP contribution in [0.25, 0.3) is 0 Å². The predicted molar refractivity (Wildman–Crippen MR) is 39.8 cm³/mol. The molecule has 0 aliphatic rings. The third-order valence-corrected chi connectivity index (χ3v) is 2.11. The smallest absolute Gasteiger partial charge is 0.292 e. The molecule has 0 aromatic carbocycles. The third-order valence-electron chi connectivity index (χ3n) is 1.16. The SMILES string of the molecule is CC(O)C(O)OC(C)S(=O)(=O)O. The standard InChI is InChI=1S/C5H12O6S/c1-3(6)5(7)11-4(2)12(8,9)10/h3-7H,1-2H3,(H,8,9,10). The molecule has 3 unspecified atom stereocenters. The Morgan fingerprint density at radius 1 is 1.25 bits per heavy atom. The lowest BCUT2D eigenvalue weighted by atomic mass is 10.4. The van der Waals surface area contributed by atoms with E-state index in [0.717, 1.165) is 6.92 Å². The molecule has 74 valence electrons. The van der Waals surface area contributed by atoms with Crippen LogP contribution in [0.3, 0.4) is 0 Å². The predicted octanol–water partition coefficient (Wildman–Crippen LogP) is -1.06. The molecule has 0 heterocycles. The molecule has 7 heteroatoms. The molecule has 0 radical (unpaired) electrons. The van der Waals surface area contributed by atoms with Gasteiger partial charge in [-0.3, -0.25) is 4.55 Å². The van der Waals surface area contributed by atoms with Crippen molar-refractivity contribution >= 4 is 10.1 Å². The van der Waals surface area contributed by atoms with Crippen molar-refractivity contribution in [2.24, 2.45) is 0 Å². The van der Waals surface area contributed by atoms with Crippen LogP contribution in [-0.4, -0.2) is 41.0 Å². The molecule has 12 heavy (non-hydrogen) atoms. The van der Waals surface area contributed by atoms with Crippen LogP contribution in [0, 0.1) is 0 Å². The van der Waals surface area contributed by atoms with E-state index in [0.29, 0.717) is 0 Å². The lowest BCUT2D eigenvalue weighted by Gasteiger charge is -2.17. The van der Waals surface area contributed by atoms with Gasteiger partial charge in [-0.05, 0) is 13.8 Å². The molecule has 0 rings (SSSR count). The fourth-order valence-electron chi connectivity index (χ4n) is 0.380. The molecule has 0 aliphatic carbocycles. The Balaban J connectivity index is 4.11. The summed E-state index contributed by atoms with van der Waals surface area (Å²) in [5.41, 5.74) is -1.55. The van der Waals surface area contributed by atoms with E-state index in [2.05, 4.69) is 4.74 Å². The average Bonchev–Trinajstić information content (AvgIpc) is 1.85. The maximum atomic E-state index is 10.3. The molecule has 0 fully saturated rings. The van der Waals surface area contributed by atoms with Crippen LogP contribution >= 0.6 is 0 Å². The van der Waals surface area contributed by atoms with Crippen LogP contribution in [0.4, 0.5) is 0 Å². The van der Waals surface area contributed by atoms with E-state index in [1.54, 1.807) is 0 Å². The van der Waals surface area contributed by atoms with E-state index >= 15 is 0 Å². The van der Waals surface area contributed by atoms with Crippen molar-refractivity contribution < 1.29 is 27.9 Å². The number of ether oxygens (including phenoxy) is 1. The molecule has 0 saturated heterocycles. The third kappa shape index (κ3) is 3.98. The topological polar surface area (TPSA) is 104 Å². The van der Waals surface area contributed by atoms with Crippen molar-refractivity contribution in [1.82, 2.24) is 0 Å². The highest BCUT2D eigenvalue weighted by Crippen LogP contribution is 2.05. The van der Waals surface area contributed by atoms with E-state index in [9.17, 15) is 8.42 Å². The van der Waals surface area contributed by atoms with Crippen molar-refractivity contribution in [3.63, 3.8) is 0 Å². The Morgan fingerprint density at radius 2 is 1.67 bits per heavy atom. The lowest BCUT2D eigenvalue weighted by Crippen LogP contribution is -2.33. The largest absolute Gasteiger partial charge is 0.388 e. The van der Waals surface area contributed by atoms with Gasteiger partial charge >= 0.3 is 0 Å². The summed E-state index contributed by atoms with van der Waals surface area (Å²) in [5, 5.41) is 17.5. The first-order valence-corrected chi connectivity index (χ1v) is 4.73. The van der Waals surface area contributed by atoms with Crippen LogP contribution in [0.15, 0.2) is 0 Å². The summed E-state index contributed by atoms with van der Waals surface area (Å²) >= 11 is 0. The highest BCUT2D eigenvalue weighted by atomic mass is 32.2. The summed E-state index contributed by atoms with van der Waals surface area (Å²) < 4.78 is 33.4. The van der Waals surface area contributed by atoms with E-state index in [-0.39, 0.29) is 0 Å². The molecule has 6 nitrogen and oxygen atoms in total. The molecule has 0 aromatic heterocycles. The van der Waals surface area contributed by atoms with Crippen LogP contribution in [0.5, 0.6) is 0 Å². The second-order valence-electron chi connectivity index (χ2n) is 2.35. The van der Waals surface area contributed by atoms with Crippen LogP contribution < -0.4 is 0 Å². The summed E-state index contributed by atoms with van der Waals surface area (Å²) in [5.74, 6) is 0. The first kappa shape index (κ1) is 11.8. The maximum absolute atomic E-state index is 10.3. The Labute approximate surface area is 70.5 Å². The van der Waals surface area contributed by atoms with Crippen molar-refractivity contribution in [2.75, 3.05) is 0 Å². The average molecular weight is 200 g/mol. The van der Waals surface area contributed by atoms with Crippen molar-refractivity contribution in [2.45, 2.75) is 31.7 Å². The Kier molecular flexibility index (Phi) is 4.08. The van der Waals surface area contributed by atoms with Crippen LogP contribution in [0.2, 0.25) is 0 Å². The zero-order valence-corrected chi connectivity index (χ0v) is 7.52. The fraction of sp³-hybridized carbons (Fsp3) is 1.00. The van der Waals surface area contributed by atoms with Gasteiger partial charge in [0, 0.05) is 0 Å². The molecule has 3 N–H and O–H groups in total. The summed E-state index contributed by atoms with van der Waals surface area (Å²) in [6, 6.07) is 0. The number of aliphatic hydroxyl groups excluding tert-OH is 2. The minimum Gasteiger partial charge on any atom is -0.388 e. The Hall–Kier alpha value is -0.210. The number of hydrogen-bond acceptors (Lipinski definition) is 5. The zero-order valence-electron chi connectivity index (χ0n) is 6.71. The van der Waals surface area contributed by atoms with Gasteiger partial charge in [0.25, 0.3) is 10.1 Å². The fourth-order valence-corrected chi connectivity index (χ4v) is 0.635. The summed E-state index contributed by atoms with van der Waals surface area (Å²) in [7, 11) is -4.32. The van der Waals surface area contributed by atoms with Crippen molar-refractivity contribution in [3.05, 3.63) is 0 Å². The Morgan fingerprint density at radius 3 is 1.92 bits per heavy atom. The van der Waals surface area contributed by atoms with Gasteiger partial charge in [0.1, 0.15) is 6.10 Å². The van der Waals surface area contributed by atoms with Crippen molar-refractivity contribution in [3.8, 4) is 0 Å². The first-order chi connectivity index (χ1) is 5.25. The minimum atomic E-state index is -4.32. The maximum Gasteiger partial charge on any atom is 0.292 e. The zero-order chi connectivity index (χ0) is 9.94. The highest BCUT2D eigenvalue weighted by molar-refractivity contribution is 7.86. The Bertz CT molecular complexity index is 220. The monoisotopic (exact) mass is 200 g/mol. The normalized spacial score (nSPS) is 20.1. The molecule has 0 aromatic rings. The molecule has 3 atom stereocenters. The van der Waals surface area contributed by atoms with Gasteiger partial charge in [0.05, 0.1) is 0 Å². The number of aliphatic hydroxyl groups is 2. The molecular weight excluding hydrogens is 188 g/mol. The van der Waals surface area contributed by atoms with Crippen LogP contribution in [-0.2, 0) is 14.9 Å². The summed E-state index contributed by atoms with van der Waals surface area (Å²) in [4.78, 5) is 0. The van der Waals surface area contributed by atoms with Gasteiger partial charge in [-0.1, -0.05) is 0 Å². The number of hydrogen-bond donors (Lipinski definition) is 3. The quantitative estimate of drug-likeness (QED) is 0.394. The second-order valence-corrected chi connectivity index (χ2v) is 4.04. The minimum absolute atomic E-state index is 1.04. The molecule has 0 amide bonds. The van der Waals surface area contributed by atoms with Gasteiger partial charge in [-0.25, -0.2) is 0 Å². The van der Waals surface area contributed by atoms with Gasteiger partial charge in [-0.15, -0.1) is 0 Å². The molecule has 0 spiro atoms. The second kappa shape index (κ2) is 4.15.